The molecule has 0 saturated carbocycles. The van der Waals surface area contributed by atoms with Gasteiger partial charge in [0.25, 0.3) is 0 Å². The molecule has 4 heterocycles. The number of anilines is 3. The van der Waals surface area contributed by atoms with Crippen LogP contribution in [0.15, 0.2) is 54.3 Å². The average Bonchev–Trinajstić information content (AvgIpc) is 3.49. The van der Waals surface area contributed by atoms with Crippen LogP contribution in [0.25, 0.3) is 16.9 Å². The molecule has 1 N–H and O–H groups in total. The SMILES string of the molecule is CCS(=O)(=O)N1CCN(c2ccn3c(-c4cccc(Nc5nncs5)c4)cnc3c2)CC1.Cl. The Labute approximate surface area is 202 Å². The van der Waals surface area contributed by atoms with Gasteiger partial charge in [-0.15, -0.1) is 22.6 Å². The van der Waals surface area contributed by atoms with E-state index >= 15 is 0 Å². The Hall–Kier alpha value is -2.73. The number of pyridine rings is 1. The summed E-state index contributed by atoms with van der Waals surface area (Å²) in [5, 5.41) is 11.9. The first kappa shape index (κ1) is 23.4. The van der Waals surface area contributed by atoms with Crippen LogP contribution in [-0.4, -0.2) is 64.2 Å². The molecule has 0 spiro atoms. The first-order chi connectivity index (χ1) is 15.5. The first-order valence-electron chi connectivity index (χ1n) is 10.4. The summed E-state index contributed by atoms with van der Waals surface area (Å²) in [5.74, 6) is 0.146. The van der Waals surface area contributed by atoms with Crippen molar-refractivity contribution in [3.8, 4) is 11.3 Å². The van der Waals surface area contributed by atoms with Gasteiger partial charge >= 0.3 is 0 Å². The van der Waals surface area contributed by atoms with Gasteiger partial charge in [-0.2, -0.15) is 4.31 Å². The van der Waals surface area contributed by atoms with Gasteiger partial charge in [0, 0.05) is 55.4 Å². The minimum absolute atomic E-state index is 0. The molecule has 33 heavy (non-hydrogen) atoms. The summed E-state index contributed by atoms with van der Waals surface area (Å²) in [7, 11) is -3.13. The third-order valence-electron chi connectivity index (χ3n) is 5.63. The molecule has 1 aliphatic heterocycles. The highest BCUT2D eigenvalue weighted by Gasteiger charge is 2.25. The number of rotatable bonds is 6. The summed E-state index contributed by atoms with van der Waals surface area (Å²) in [4.78, 5) is 6.82. The molecule has 1 saturated heterocycles. The lowest BCUT2D eigenvalue weighted by molar-refractivity contribution is 0.385. The second kappa shape index (κ2) is 9.64. The van der Waals surface area contributed by atoms with Crippen LogP contribution in [0.5, 0.6) is 0 Å². The summed E-state index contributed by atoms with van der Waals surface area (Å²) in [6.45, 7) is 4.04. The van der Waals surface area contributed by atoms with Gasteiger partial charge in [-0.25, -0.2) is 13.4 Å². The Morgan fingerprint density at radius 2 is 1.94 bits per heavy atom. The fourth-order valence-electron chi connectivity index (χ4n) is 3.89. The smallest absolute Gasteiger partial charge is 0.213 e. The van der Waals surface area contributed by atoms with E-state index in [-0.39, 0.29) is 18.2 Å². The number of imidazole rings is 1. The zero-order valence-electron chi connectivity index (χ0n) is 18.0. The number of halogens is 1. The van der Waals surface area contributed by atoms with Crippen LogP contribution in [0.2, 0.25) is 0 Å². The first-order valence-corrected chi connectivity index (χ1v) is 12.9. The van der Waals surface area contributed by atoms with Gasteiger partial charge in [0.05, 0.1) is 17.6 Å². The quantitative estimate of drug-likeness (QED) is 0.428. The van der Waals surface area contributed by atoms with E-state index in [0.717, 1.165) is 33.4 Å². The molecule has 3 aromatic heterocycles. The molecule has 1 fully saturated rings. The van der Waals surface area contributed by atoms with Crippen molar-refractivity contribution < 1.29 is 8.42 Å². The van der Waals surface area contributed by atoms with Gasteiger partial charge in [0.1, 0.15) is 11.2 Å². The summed E-state index contributed by atoms with van der Waals surface area (Å²) in [6, 6.07) is 12.2. The van der Waals surface area contributed by atoms with Gasteiger partial charge in [-0.3, -0.25) is 4.40 Å². The van der Waals surface area contributed by atoms with E-state index in [2.05, 4.69) is 54.1 Å². The summed E-state index contributed by atoms with van der Waals surface area (Å²) in [5.41, 5.74) is 6.56. The van der Waals surface area contributed by atoms with Crippen molar-refractivity contribution >= 4 is 55.9 Å². The number of sulfonamides is 1. The maximum absolute atomic E-state index is 12.1. The van der Waals surface area contributed by atoms with Gasteiger partial charge < -0.3 is 10.2 Å². The maximum Gasteiger partial charge on any atom is 0.213 e. The number of aromatic nitrogens is 4. The minimum Gasteiger partial charge on any atom is -0.369 e. The molecule has 9 nitrogen and oxygen atoms in total. The van der Waals surface area contributed by atoms with Crippen LogP contribution in [0.3, 0.4) is 0 Å². The lowest BCUT2D eigenvalue weighted by atomic mass is 10.1. The van der Waals surface area contributed by atoms with Crippen LogP contribution < -0.4 is 10.2 Å². The number of piperazine rings is 1. The molecule has 174 valence electrons. The van der Waals surface area contributed by atoms with Crippen LogP contribution in [-0.2, 0) is 10.0 Å². The largest absolute Gasteiger partial charge is 0.369 e. The summed E-state index contributed by atoms with van der Waals surface area (Å²) >= 11 is 1.45. The Morgan fingerprint density at radius 3 is 2.67 bits per heavy atom. The van der Waals surface area contributed by atoms with Gasteiger partial charge in [-0.05, 0) is 25.1 Å². The lowest BCUT2D eigenvalue weighted by Crippen LogP contribution is -2.49. The number of hydrogen-bond acceptors (Lipinski definition) is 8. The van der Waals surface area contributed by atoms with Gasteiger partial charge in [0.2, 0.25) is 15.2 Å². The normalized spacial score (nSPS) is 14.9. The molecule has 0 unspecified atom stereocenters. The molecule has 0 radical (unpaired) electrons. The molecule has 0 amide bonds. The lowest BCUT2D eigenvalue weighted by Gasteiger charge is -2.35. The zero-order chi connectivity index (χ0) is 22.1. The molecule has 1 aliphatic rings. The van der Waals surface area contributed by atoms with E-state index < -0.39 is 10.0 Å². The minimum atomic E-state index is -3.13. The Bertz CT molecular complexity index is 1330. The van der Waals surface area contributed by atoms with E-state index in [0.29, 0.717) is 26.2 Å². The van der Waals surface area contributed by atoms with Crippen molar-refractivity contribution in [1.29, 1.82) is 0 Å². The van der Waals surface area contributed by atoms with Crippen molar-refractivity contribution in [3.63, 3.8) is 0 Å². The topological polar surface area (TPSA) is 95.7 Å². The molecule has 0 aliphatic carbocycles. The Kier molecular flexibility index (Phi) is 6.84. The maximum atomic E-state index is 12.1. The highest BCUT2D eigenvalue weighted by molar-refractivity contribution is 7.89. The standard InChI is InChI=1S/C21H23N7O2S2.ClH/c1-2-32(29,30)27-10-8-26(9-11-27)18-6-7-28-19(14-22-20(28)13-18)16-4-3-5-17(12-16)24-21-25-23-15-31-21;/h3-7,12-15H,2,8-11H2,1H3,(H,24,25);1H. The molecule has 12 heteroatoms. The highest BCUT2D eigenvalue weighted by Crippen LogP contribution is 2.28. The molecule has 4 aromatic rings. The summed E-state index contributed by atoms with van der Waals surface area (Å²) < 4.78 is 27.9. The second-order valence-corrected chi connectivity index (χ2v) is 10.6. The Morgan fingerprint density at radius 1 is 1.12 bits per heavy atom. The monoisotopic (exact) mass is 505 g/mol. The number of nitrogens with one attached hydrogen (secondary N) is 1. The molecular formula is C21H24ClN7O2S2. The van der Waals surface area contributed by atoms with E-state index in [9.17, 15) is 8.42 Å². The Balaban J connectivity index is 0.00000259. The fraction of sp³-hybridized carbons (Fsp3) is 0.286. The average molecular weight is 506 g/mol. The third kappa shape index (κ3) is 4.81. The van der Waals surface area contributed by atoms with Crippen molar-refractivity contribution in [2.75, 3.05) is 42.1 Å². The summed E-state index contributed by atoms with van der Waals surface area (Å²) in [6.07, 6.45) is 3.89. The van der Waals surface area contributed by atoms with Gasteiger partial charge in [-0.1, -0.05) is 23.5 Å². The molecule has 1 aromatic carbocycles. The molecule has 5 rings (SSSR count). The van der Waals surface area contributed by atoms with Gasteiger partial charge in [0.15, 0.2) is 0 Å². The number of nitrogens with zero attached hydrogens (tertiary/aromatic N) is 6. The van der Waals surface area contributed by atoms with Crippen LogP contribution in [0.4, 0.5) is 16.5 Å². The molecular weight excluding hydrogens is 482 g/mol. The molecule has 0 atom stereocenters. The predicted molar refractivity (Wildman–Crippen MR) is 134 cm³/mol. The van der Waals surface area contributed by atoms with Crippen LogP contribution >= 0.6 is 23.7 Å². The van der Waals surface area contributed by atoms with Crippen molar-refractivity contribution in [3.05, 3.63) is 54.3 Å². The van der Waals surface area contributed by atoms with E-state index in [1.807, 2.05) is 24.5 Å². The number of benzene rings is 1. The predicted octanol–water partition coefficient (Wildman–Crippen LogP) is 3.49. The molecule has 0 bridgehead atoms. The van der Waals surface area contributed by atoms with Crippen molar-refractivity contribution in [2.45, 2.75) is 6.92 Å². The van der Waals surface area contributed by atoms with E-state index in [1.54, 1.807) is 16.7 Å². The van der Waals surface area contributed by atoms with Crippen LogP contribution in [0, 0.1) is 0 Å². The number of hydrogen-bond donors (Lipinski definition) is 1. The third-order valence-corrected chi connectivity index (χ3v) is 8.12. The highest BCUT2D eigenvalue weighted by atomic mass is 35.5. The van der Waals surface area contributed by atoms with E-state index in [4.69, 9.17) is 0 Å². The van der Waals surface area contributed by atoms with Crippen LogP contribution in [0.1, 0.15) is 6.92 Å². The van der Waals surface area contributed by atoms with Crippen molar-refractivity contribution in [2.24, 2.45) is 0 Å². The zero-order valence-corrected chi connectivity index (χ0v) is 20.4. The van der Waals surface area contributed by atoms with Crippen molar-refractivity contribution in [1.82, 2.24) is 23.9 Å². The fourth-order valence-corrected chi connectivity index (χ4v) is 5.44. The second-order valence-electron chi connectivity index (χ2n) is 7.49. The van der Waals surface area contributed by atoms with E-state index in [1.165, 1.54) is 11.3 Å². The number of fused-ring (bicyclic) bond motifs is 1.